The third kappa shape index (κ3) is 7.81. The van der Waals surface area contributed by atoms with Crippen LogP contribution in [0.15, 0.2) is 70.2 Å². The molecule has 2 N–H and O–H groups in total. The topological polar surface area (TPSA) is 122 Å². The van der Waals surface area contributed by atoms with Crippen LogP contribution in [-0.4, -0.2) is 32.2 Å². The molecule has 0 aromatic heterocycles. The maximum atomic E-state index is 12.2. The lowest BCUT2D eigenvalue weighted by Crippen LogP contribution is -2.20. The third-order valence-corrected chi connectivity index (χ3v) is 5.71. The van der Waals surface area contributed by atoms with Crippen LogP contribution in [0, 0.1) is 11.3 Å². The number of anilines is 1. The SMILES string of the molecule is COc1ccccc1NC(=O)CCC(=O)NN=Cc1cc(Br)c(OCc2ccccc2C#N)c(OC)c1. The Labute approximate surface area is 223 Å². The van der Waals surface area contributed by atoms with E-state index in [0.717, 1.165) is 5.56 Å². The molecule has 0 heterocycles. The molecule has 0 atom stereocenters. The molecule has 3 aromatic rings. The Bertz CT molecular complexity index is 1340. The van der Waals surface area contributed by atoms with E-state index in [9.17, 15) is 14.9 Å². The average molecular weight is 565 g/mol. The number of carbonyl (C=O) groups excluding carboxylic acids is 2. The molecule has 0 aliphatic rings. The molecule has 0 spiro atoms. The first kappa shape index (κ1) is 27.2. The molecule has 0 saturated carbocycles. The standard InChI is InChI=1S/C27H25BrN4O5/c1-35-23-10-6-5-9-22(23)31-25(33)11-12-26(34)32-30-16-18-13-21(28)27(24(14-18)36-2)37-17-20-8-4-3-7-19(20)15-29/h3-10,13-14,16H,11-12,17H2,1-2H3,(H,31,33)(H,32,34). The van der Waals surface area contributed by atoms with Gasteiger partial charge >= 0.3 is 0 Å². The number of halogens is 1. The number of hydrogen-bond acceptors (Lipinski definition) is 7. The minimum Gasteiger partial charge on any atom is -0.495 e. The summed E-state index contributed by atoms with van der Waals surface area (Å²) in [4.78, 5) is 24.3. The zero-order valence-corrected chi connectivity index (χ0v) is 21.9. The van der Waals surface area contributed by atoms with E-state index in [1.165, 1.54) is 20.4 Å². The van der Waals surface area contributed by atoms with E-state index in [4.69, 9.17) is 14.2 Å². The fraction of sp³-hybridized carbons (Fsp3) is 0.185. The molecule has 2 amide bonds. The van der Waals surface area contributed by atoms with Crippen LogP contribution in [0.1, 0.15) is 29.5 Å². The summed E-state index contributed by atoms with van der Waals surface area (Å²) < 4.78 is 17.2. The van der Waals surface area contributed by atoms with Crippen molar-refractivity contribution in [2.24, 2.45) is 5.10 Å². The summed E-state index contributed by atoms with van der Waals surface area (Å²) in [5.41, 5.74) is 4.88. The number of rotatable bonds is 11. The first-order chi connectivity index (χ1) is 17.9. The summed E-state index contributed by atoms with van der Waals surface area (Å²) in [7, 11) is 3.03. The van der Waals surface area contributed by atoms with E-state index in [0.29, 0.717) is 38.5 Å². The first-order valence-electron chi connectivity index (χ1n) is 11.2. The fourth-order valence-corrected chi connectivity index (χ4v) is 3.86. The van der Waals surface area contributed by atoms with Gasteiger partial charge in [-0.1, -0.05) is 30.3 Å². The van der Waals surface area contributed by atoms with Gasteiger partial charge in [-0.3, -0.25) is 9.59 Å². The predicted molar refractivity (Wildman–Crippen MR) is 143 cm³/mol. The zero-order chi connectivity index (χ0) is 26.6. The molecule has 0 radical (unpaired) electrons. The van der Waals surface area contributed by atoms with Gasteiger partial charge in [0, 0.05) is 18.4 Å². The molecule has 3 aromatic carbocycles. The van der Waals surface area contributed by atoms with Crippen molar-refractivity contribution in [3.05, 3.63) is 81.8 Å². The number of ether oxygens (including phenoxy) is 3. The largest absolute Gasteiger partial charge is 0.495 e. The molecule has 3 rings (SSSR count). The van der Waals surface area contributed by atoms with Crippen molar-refractivity contribution < 1.29 is 23.8 Å². The molecular formula is C27H25BrN4O5. The second-order valence-corrected chi connectivity index (χ2v) is 8.49. The van der Waals surface area contributed by atoms with E-state index in [-0.39, 0.29) is 25.4 Å². The molecule has 0 aliphatic heterocycles. The van der Waals surface area contributed by atoms with E-state index >= 15 is 0 Å². The molecule has 190 valence electrons. The van der Waals surface area contributed by atoms with Gasteiger partial charge in [-0.25, -0.2) is 5.43 Å². The third-order valence-electron chi connectivity index (χ3n) is 5.12. The van der Waals surface area contributed by atoms with Gasteiger partial charge in [0.15, 0.2) is 11.5 Å². The Hall–Kier alpha value is -4.36. The smallest absolute Gasteiger partial charge is 0.240 e. The number of benzene rings is 3. The molecule has 0 bridgehead atoms. The molecular weight excluding hydrogens is 540 g/mol. The number of para-hydroxylation sites is 2. The van der Waals surface area contributed by atoms with Crippen molar-refractivity contribution in [1.29, 1.82) is 5.26 Å². The summed E-state index contributed by atoms with van der Waals surface area (Å²) in [5.74, 6) is 0.732. The number of nitrogens with zero attached hydrogens (tertiary/aromatic N) is 2. The lowest BCUT2D eigenvalue weighted by Gasteiger charge is -2.14. The van der Waals surface area contributed by atoms with Crippen molar-refractivity contribution in [3.63, 3.8) is 0 Å². The lowest BCUT2D eigenvalue weighted by molar-refractivity contribution is -0.124. The minimum atomic E-state index is -0.409. The van der Waals surface area contributed by atoms with Crippen LogP contribution in [0.4, 0.5) is 5.69 Å². The highest BCUT2D eigenvalue weighted by molar-refractivity contribution is 9.10. The van der Waals surface area contributed by atoms with Gasteiger partial charge in [0.25, 0.3) is 0 Å². The van der Waals surface area contributed by atoms with Crippen LogP contribution in [-0.2, 0) is 16.2 Å². The summed E-state index contributed by atoms with van der Waals surface area (Å²) in [6.07, 6.45) is 1.40. The lowest BCUT2D eigenvalue weighted by atomic mass is 10.1. The van der Waals surface area contributed by atoms with Gasteiger partial charge in [0.2, 0.25) is 11.8 Å². The number of hydrazone groups is 1. The Morgan fingerprint density at radius 2 is 1.70 bits per heavy atom. The fourth-order valence-electron chi connectivity index (χ4n) is 3.28. The maximum absolute atomic E-state index is 12.2. The molecule has 0 aliphatic carbocycles. The van der Waals surface area contributed by atoms with Crippen molar-refractivity contribution in [3.8, 4) is 23.3 Å². The van der Waals surface area contributed by atoms with Crippen LogP contribution in [0.25, 0.3) is 0 Å². The maximum Gasteiger partial charge on any atom is 0.240 e. The summed E-state index contributed by atoms with van der Waals surface area (Å²) in [5, 5.41) is 15.9. The summed E-state index contributed by atoms with van der Waals surface area (Å²) in [6.45, 7) is 0.187. The van der Waals surface area contributed by atoms with Gasteiger partial charge in [-0.2, -0.15) is 10.4 Å². The van der Waals surface area contributed by atoms with E-state index in [1.54, 1.807) is 48.5 Å². The van der Waals surface area contributed by atoms with Crippen LogP contribution in [0.2, 0.25) is 0 Å². The Balaban J connectivity index is 1.54. The van der Waals surface area contributed by atoms with E-state index in [2.05, 4.69) is 37.8 Å². The Morgan fingerprint density at radius 3 is 2.46 bits per heavy atom. The molecule has 10 heteroatoms. The monoisotopic (exact) mass is 564 g/mol. The normalized spacial score (nSPS) is 10.4. The van der Waals surface area contributed by atoms with Gasteiger partial charge in [-0.15, -0.1) is 0 Å². The number of nitriles is 1. The van der Waals surface area contributed by atoms with Crippen molar-refractivity contribution >= 4 is 39.6 Å². The molecule has 0 unspecified atom stereocenters. The van der Waals surface area contributed by atoms with Crippen LogP contribution in [0.5, 0.6) is 17.2 Å². The quantitative estimate of drug-likeness (QED) is 0.255. The highest BCUT2D eigenvalue weighted by Crippen LogP contribution is 2.37. The van der Waals surface area contributed by atoms with E-state index in [1.807, 2.05) is 12.1 Å². The van der Waals surface area contributed by atoms with Crippen LogP contribution >= 0.6 is 15.9 Å². The van der Waals surface area contributed by atoms with Crippen molar-refractivity contribution in [2.45, 2.75) is 19.4 Å². The van der Waals surface area contributed by atoms with Gasteiger partial charge in [-0.05, 0) is 51.8 Å². The second-order valence-electron chi connectivity index (χ2n) is 7.63. The number of methoxy groups -OCH3 is 2. The van der Waals surface area contributed by atoms with Gasteiger partial charge < -0.3 is 19.5 Å². The number of amides is 2. The average Bonchev–Trinajstić information content (AvgIpc) is 2.91. The highest BCUT2D eigenvalue weighted by atomic mass is 79.9. The molecule has 37 heavy (non-hydrogen) atoms. The number of hydrogen-bond donors (Lipinski definition) is 2. The highest BCUT2D eigenvalue weighted by Gasteiger charge is 2.13. The van der Waals surface area contributed by atoms with Crippen LogP contribution in [0.3, 0.4) is 0 Å². The summed E-state index contributed by atoms with van der Waals surface area (Å²) >= 11 is 3.47. The van der Waals surface area contributed by atoms with Crippen molar-refractivity contribution in [2.75, 3.05) is 19.5 Å². The second kappa shape index (κ2) is 13.7. The zero-order valence-electron chi connectivity index (χ0n) is 20.3. The molecule has 0 saturated heterocycles. The van der Waals surface area contributed by atoms with E-state index < -0.39 is 5.91 Å². The number of nitrogens with one attached hydrogen (secondary N) is 2. The Kier molecular flexibility index (Phi) is 10.0. The summed E-state index contributed by atoms with van der Waals surface area (Å²) in [6, 6.07) is 19.8. The van der Waals surface area contributed by atoms with Crippen LogP contribution < -0.4 is 25.0 Å². The first-order valence-corrected chi connectivity index (χ1v) is 12.0. The molecule has 9 nitrogen and oxygen atoms in total. The molecule has 0 fully saturated rings. The Morgan fingerprint density at radius 1 is 1.00 bits per heavy atom. The van der Waals surface area contributed by atoms with Gasteiger partial charge in [0.1, 0.15) is 12.4 Å². The minimum absolute atomic E-state index is 0.0141. The number of carbonyl (C=O) groups is 2. The predicted octanol–water partition coefficient (Wildman–Crippen LogP) is 4.79. The van der Waals surface area contributed by atoms with Gasteiger partial charge in [0.05, 0.1) is 42.2 Å². The van der Waals surface area contributed by atoms with Crippen molar-refractivity contribution in [1.82, 2.24) is 5.43 Å².